The third-order valence-corrected chi connectivity index (χ3v) is 2.56. The molecule has 0 saturated heterocycles. The van der Waals surface area contributed by atoms with E-state index in [4.69, 9.17) is 10.3 Å². The molecule has 0 spiro atoms. The number of rotatable bonds is 3. The number of aromatic nitrogens is 3. The van der Waals surface area contributed by atoms with Crippen molar-refractivity contribution in [2.24, 2.45) is 5.73 Å². The maximum absolute atomic E-state index is 5.56. The topological polar surface area (TPSA) is 77.8 Å². The number of nitrogens with two attached hydrogens (primary N) is 1. The van der Waals surface area contributed by atoms with Crippen molar-refractivity contribution in [1.29, 1.82) is 0 Å². The monoisotopic (exact) mass is 232 g/mol. The van der Waals surface area contributed by atoms with E-state index < -0.39 is 0 Å². The van der Waals surface area contributed by atoms with E-state index in [1.807, 2.05) is 32.9 Å². The molecular formula is C12H16N4O. The Balaban J connectivity index is 2.36. The molecule has 0 aliphatic rings. The summed E-state index contributed by atoms with van der Waals surface area (Å²) in [4.78, 5) is 8.66. The molecule has 0 radical (unpaired) electrons. The zero-order valence-corrected chi connectivity index (χ0v) is 10.3. The van der Waals surface area contributed by atoms with Crippen LogP contribution in [0.15, 0.2) is 16.7 Å². The van der Waals surface area contributed by atoms with Crippen molar-refractivity contribution < 1.29 is 4.52 Å². The van der Waals surface area contributed by atoms with Crippen LogP contribution in [0.1, 0.15) is 30.1 Å². The van der Waals surface area contributed by atoms with E-state index in [2.05, 4.69) is 15.1 Å². The number of nitrogens with zero attached hydrogens (tertiary/aromatic N) is 3. The van der Waals surface area contributed by atoms with Crippen LogP contribution < -0.4 is 5.73 Å². The van der Waals surface area contributed by atoms with Crippen molar-refractivity contribution in [2.75, 3.05) is 6.54 Å². The summed E-state index contributed by atoms with van der Waals surface area (Å²) in [6.07, 6.45) is 0. The molecule has 0 aromatic carbocycles. The van der Waals surface area contributed by atoms with Crippen molar-refractivity contribution in [3.63, 3.8) is 0 Å². The minimum atomic E-state index is 0.0836. The van der Waals surface area contributed by atoms with Gasteiger partial charge in [0.2, 0.25) is 11.7 Å². The van der Waals surface area contributed by atoms with E-state index in [1.165, 1.54) is 0 Å². The summed E-state index contributed by atoms with van der Waals surface area (Å²) in [6.45, 7) is 6.34. The quantitative estimate of drug-likeness (QED) is 0.873. The van der Waals surface area contributed by atoms with Gasteiger partial charge in [0.05, 0.1) is 0 Å². The molecule has 2 aromatic rings. The van der Waals surface area contributed by atoms with Gasteiger partial charge in [-0.2, -0.15) is 4.98 Å². The summed E-state index contributed by atoms with van der Waals surface area (Å²) < 4.78 is 5.19. The Morgan fingerprint density at radius 3 is 2.47 bits per heavy atom. The van der Waals surface area contributed by atoms with Gasteiger partial charge in [-0.15, -0.1) is 0 Å². The van der Waals surface area contributed by atoms with Crippen LogP contribution in [-0.2, 0) is 0 Å². The predicted octanol–water partition coefficient (Wildman–Crippen LogP) is 1.81. The van der Waals surface area contributed by atoms with Crippen molar-refractivity contribution in [2.45, 2.75) is 26.7 Å². The summed E-state index contributed by atoms with van der Waals surface area (Å²) >= 11 is 0. The Labute approximate surface area is 100 Å². The third-order valence-electron chi connectivity index (χ3n) is 2.56. The molecule has 5 heteroatoms. The highest BCUT2D eigenvalue weighted by Crippen LogP contribution is 2.20. The molecule has 17 heavy (non-hydrogen) atoms. The fourth-order valence-corrected chi connectivity index (χ4v) is 1.62. The summed E-state index contributed by atoms with van der Waals surface area (Å²) in [7, 11) is 0. The first kappa shape index (κ1) is 11.7. The van der Waals surface area contributed by atoms with Crippen molar-refractivity contribution >= 4 is 0 Å². The summed E-state index contributed by atoms with van der Waals surface area (Å²) in [5.74, 6) is 1.25. The number of hydrogen-bond donors (Lipinski definition) is 1. The van der Waals surface area contributed by atoms with Crippen LogP contribution in [0.25, 0.3) is 11.4 Å². The Morgan fingerprint density at radius 2 is 1.88 bits per heavy atom. The molecule has 0 aliphatic carbocycles. The van der Waals surface area contributed by atoms with Gasteiger partial charge in [-0.25, -0.2) is 0 Å². The van der Waals surface area contributed by atoms with Crippen LogP contribution in [0.2, 0.25) is 0 Å². The molecule has 5 nitrogen and oxygen atoms in total. The van der Waals surface area contributed by atoms with Crippen LogP contribution in [0.5, 0.6) is 0 Å². The average molecular weight is 232 g/mol. The lowest BCUT2D eigenvalue weighted by Crippen LogP contribution is -2.08. The minimum Gasteiger partial charge on any atom is -0.339 e. The molecule has 2 aromatic heterocycles. The molecule has 2 heterocycles. The SMILES string of the molecule is Cc1cc(-c2noc(C(C)CN)n2)cc(C)n1. The lowest BCUT2D eigenvalue weighted by atomic mass is 10.2. The van der Waals surface area contributed by atoms with Crippen LogP contribution in [0.4, 0.5) is 0 Å². The van der Waals surface area contributed by atoms with E-state index in [9.17, 15) is 0 Å². The standard InChI is InChI=1S/C12H16N4O/c1-7(6-13)12-15-11(16-17-12)10-4-8(2)14-9(3)5-10/h4-5,7H,6,13H2,1-3H3. The van der Waals surface area contributed by atoms with Crippen molar-refractivity contribution in [3.05, 3.63) is 29.4 Å². The number of hydrogen-bond acceptors (Lipinski definition) is 5. The van der Waals surface area contributed by atoms with Gasteiger partial charge in [0, 0.05) is 29.4 Å². The predicted molar refractivity (Wildman–Crippen MR) is 64.5 cm³/mol. The van der Waals surface area contributed by atoms with Crippen molar-refractivity contribution in [1.82, 2.24) is 15.1 Å². The van der Waals surface area contributed by atoms with Gasteiger partial charge in [0.1, 0.15) is 0 Å². The fraction of sp³-hybridized carbons (Fsp3) is 0.417. The number of pyridine rings is 1. The highest BCUT2D eigenvalue weighted by Gasteiger charge is 2.14. The molecule has 1 atom stereocenters. The molecule has 90 valence electrons. The molecular weight excluding hydrogens is 216 g/mol. The number of aryl methyl sites for hydroxylation is 2. The zero-order valence-electron chi connectivity index (χ0n) is 10.3. The van der Waals surface area contributed by atoms with E-state index in [0.717, 1.165) is 17.0 Å². The first-order valence-corrected chi connectivity index (χ1v) is 5.59. The molecule has 0 aliphatic heterocycles. The first-order chi connectivity index (χ1) is 8.10. The molecule has 0 saturated carbocycles. The highest BCUT2D eigenvalue weighted by atomic mass is 16.5. The van der Waals surface area contributed by atoms with E-state index >= 15 is 0 Å². The smallest absolute Gasteiger partial charge is 0.231 e. The van der Waals surface area contributed by atoms with Gasteiger partial charge < -0.3 is 10.3 Å². The van der Waals surface area contributed by atoms with Crippen molar-refractivity contribution in [3.8, 4) is 11.4 Å². The van der Waals surface area contributed by atoms with Gasteiger partial charge >= 0.3 is 0 Å². The summed E-state index contributed by atoms with van der Waals surface area (Å²) in [5.41, 5.74) is 8.37. The molecule has 2 rings (SSSR count). The van der Waals surface area contributed by atoms with Gasteiger partial charge in [-0.05, 0) is 26.0 Å². The van der Waals surface area contributed by atoms with Crippen LogP contribution in [0, 0.1) is 13.8 Å². The second kappa shape index (κ2) is 4.63. The molecule has 0 fully saturated rings. The summed E-state index contributed by atoms with van der Waals surface area (Å²) in [5, 5.41) is 3.97. The van der Waals surface area contributed by atoms with E-state index in [-0.39, 0.29) is 5.92 Å². The van der Waals surface area contributed by atoms with E-state index in [1.54, 1.807) is 0 Å². The highest BCUT2D eigenvalue weighted by molar-refractivity contribution is 5.55. The first-order valence-electron chi connectivity index (χ1n) is 5.59. The van der Waals surface area contributed by atoms with Crippen LogP contribution in [0.3, 0.4) is 0 Å². The Morgan fingerprint density at radius 1 is 1.24 bits per heavy atom. The van der Waals surface area contributed by atoms with Gasteiger partial charge in [0.15, 0.2) is 0 Å². The molecule has 2 N–H and O–H groups in total. The lowest BCUT2D eigenvalue weighted by Gasteiger charge is -2.00. The zero-order chi connectivity index (χ0) is 12.4. The maximum atomic E-state index is 5.56. The molecule has 0 bridgehead atoms. The molecule has 0 amide bonds. The van der Waals surface area contributed by atoms with Gasteiger partial charge in [0.25, 0.3) is 0 Å². The Bertz CT molecular complexity index is 501. The summed E-state index contributed by atoms with van der Waals surface area (Å²) in [6, 6.07) is 3.88. The average Bonchev–Trinajstić information content (AvgIpc) is 2.76. The van der Waals surface area contributed by atoms with E-state index in [0.29, 0.717) is 18.3 Å². The molecule has 1 unspecified atom stereocenters. The Hall–Kier alpha value is -1.75. The largest absolute Gasteiger partial charge is 0.339 e. The van der Waals surface area contributed by atoms with Crippen LogP contribution in [-0.4, -0.2) is 21.7 Å². The fourth-order valence-electron chi connectivity index (χ4n) is 1.62. The third kappa shape index (κ3) is 2.50. The normalized spacial score (nSPS) is 12.7. The second-order valence-electron chi connectivity index (χ2n) is 4.23. The van der Waals surface area contributed by atoms with Gasteiger partial charge in [-0.1, -0.05) is 12.1 Å². The second-order valence-corrected chi connectivity index (χ2v) is 4.23. The van der Waals surface area contributed by atoms with Crippen LogP contribution >= 0.6 is 0 Å². The maximum Gasteiger partial charge on any atom is 0.231 e. The Kier molecular flexibility index (Phi) is 3.19. The van der Waals surface area contributed by atoms with Gasteiger partial charge in [-0.3, -0.25) is 4.98 Å². The minimum absolute atomic E-state index is 0.0836. The lowest BCUT2D eigenvalue weighted by molar-refractivity contribution is 0.361.